The first-order chi connectivity index (χ1) is 13.8. The number of carbonyl (C=O) groups is 2. The van der Waals surface area contributed by atoms with E-state index >= 15 is 0 Å². The fraction of sp³-hybridized carbons (Fsp3) is 0.708. The zero-order valence-corrected chi connectivity index (χ0v) is 17.7. The maximum absolute atomic E-state index is 12.2. The molecule has 0 bridgehead atoms. The smallest absolute Gasteiger partial charge is 0.306 e. The highest BCUT2D eigenvalue weighted by molar-refractivity contribution is 5.84. The normalized spacial score (nSPS) is 46.1. The van der Waals surface area contributed by atoms with Crippen LogP contribution in [0.1, 0.15) is 65.2 Å². The molecule has 1 spiro atoms. The van der Waals surface area contributed by atoms with E-state index < -0.39 is 0 Å². The molecular weight excluding hydrogens is 366 g/mol. The van der Waals surface area contributed by atoms with Gasteiger partial charge in [0, 0.05) is 36.0 Å². The minimum absolute atomic E-state index is 0.0283. The first kappa shape index (κ1) is 19.1. The number of nitrogens with zero attached hydrogens (tertiary/aromatic N) is 1. The van der Waals surface area contributed by atoms with Gasteiger partial charge in [-0.05, 0) is 43.9 Å². The second-order valence-electron chi connectivity index (χ2n) is 10.2. The van der Waals surface area contributed by atoms with Crippen LogP contribution in [0.25, 0.3) is 0 Å². The van der Waals surface area contributed by atoms with Crippen molar-refractivity contribution in [2.75, 3.05) is 7.11 Å². The standard InChI is InChI=1S/C24H31NO4/c1-22-8-4-17(26)13-16(22)12-15(14-25-28-3)21-18(22)5-9-23(2)19(21)6-10-24(23)11-7-20(27)29-24/h5,12,14-15,19,21H,4,6-11,13H2,1-3H3/t15-,19?,21?,22-,23-,24+/m0/s1. The first-order valence-electron chi connectivity index (χ1n) is 11.0. The van der Waals surface area contributed by atoms with E-state index in [1.165, 1.54) is 11.1 Å². The molecule has 2 saturated carbocycles. The molecular formula is C24H31NO4. The molecule has 0 amide bonds. The van der Waals surface area contributed by atoms with Crippen molar-refractivity contribution in [3.8, 4) is 0 Å². The highest BCUT2D eigenvalue weighted by Gasteiger charge is 2.66. The largest absolute Gasteiger partial charge is 0.458 e. The van der Waals surface area contributed by atoms with E-state index in [1.807, 2.05) is 6.21 Å². The number of allylic oxidation sites excluding steroid dienone is 4. The van der Waals surface area contributed by atoms with Crippen molar-refractivity contribution in [2.45, 2.75) is 70.8 Å². The molecule has 5 nitrogen and oxygen atoms in total. The van der Waals surface area contributed by atoms with Gasteiger partial charge in [-0.3, -0.25) is 9.59 Å². The van der Waals surface area contributed by atoms with Crippen molar-refractivity contribution >= 4 is 18.0 Å². The summed E-state index contributed by atoms with van der Waals surface area (Å²) >= 11 is 0. The number of ketones is 1. The minimum Gasteiger partial charge on any atom is -0.458 e. The minimum atomic E-state index is -0.312. The Morgan fingerprint density at radius 2 is 2.03 bits per heavy atom. The molecule has 4 aliphatic carbocycles. The molecule has 5 heteroatoms. The molecule has 1 aliphatic heterocycles. The van der Waals surface area contributed by atoms with E-state index in [9.17, 15) is 9.59 Å². The van der Waals surface area contributed by atoms with Gasteiger partial charge in [0.05, 0.1) is 6.21 Å². The van der Waals surface area contributed by atoms with Crippen molar-refractivity contribution in [3.63, 3.8) is 0 Å². The van der Waals surface area contributed by atoms with Gasteiger partial charge in [0.2, 0.25) is 0 Å². The molecule has 5 rings (SSSR count). The van der Waals surface area contributed by atoms with Gasteiger partial charge < -0.3 is 9.57 Å². The zero-order valence-electron chi connectivity index (χ0n) is 17.7. The number of ether oxygens (including phenoxy) is 1. The number of hydrogen-bond donors (Lipinski definition) is 0. The summed E-state index contributed by atoms with van der Waals surface area (Å²) in [5.41, 5.74) is 2.36. The van der Waals surface area contributed by atoms with Gasteiger partial charge in [-0.2, -0.15) is 0 Å². The van der Waals surface area contributed by atoms with Gasteiger partial charge in [-0.15, -0.1) is 0 Å². The van der Waals surface area contributed by atoms with E-state index in [0.717, 1.165) is 32.1 Å². The summed E-state index contributed by atoms with van der Waals surface area (Å²) in [5, 5.41) is 4.14. The second kappa shape index (κ2) is 6.29. The van der Waals surface area contributed by atoms with Crippen molar-refractivity contribution in [1.29, 1.82) is 0 Å². The molecule has 5 aliphatic rings. The molecule has 0 aromatic rings. The second-order valence-corrected chi connectivity index (χ2v) is 10.2. The van der Waals surface area contributed by atoms with Crippen molar-refractivity contribution in [1.82, 2.24) is 0 Å². The van der Waals surface area contributed by atoms with Crippen LogP contribution in [0.3, 0.4) is 0 Å². The maximum Gasteiger partial charge on any atom is 0.306 e. The van der Waals surface area contributed by atoms with Crippen molar-refractivity contribution in [3.05, 3.63) is 23.3 Å². The molecule has 0 aromatic heterocycles. The Hall–Kier alpha value is -1.91. The van der Waals surface area contributed by atoms with Gasteiger partial charge in [-0.1, -0.05) is 42.3 Å². The third-order valence-corrected chi connectivity index (χ3v) is 9.08. The average molecular weight is 398 g/mol. The SMILES string of the molecule is CON=C[C@@H]1C=C2CC(=O)CC[C@]2(C)C2=CC[C@@]3(C)C(CC[C@@]34CCC(=O)O4)C21. The number of fused-ring (bicyclic) bond motifs is 6. The average Bonchev–Trinajstić information content (AvgIpc) is 3.21. The van der Waals surface area contributed by atoms with Crippen LogP contribution in [0.4, 0.5) is 0 Å². The summed E-state index contributed by atoms with van der Waals surface area (Å²) < 4.78 is 6.04. The summed E-state index contributed by atoms with van der Waals surface area (Å²) in [7, 11) is 1.57. The van der Waals surface area contributed by atoms with Crippen LogP contribution in [-0.2, 0) is 19.2 Å². The highest BCUT2D eigenvalue weighted by atomic mass is 16.6. The molecule has 3 fully saturated rings. The number of rotatable bonds is 2. The number of hydrogen-bond acceptors (Lipinski definition) is 5. The number of esters is 1. The number of carbonyl (C=O) groups excluding carboxylic acids is 2. The van der Waals surface area contributed by atoms with Gasteiger partial charge in [0.25, 0.3) is 0 Å². The number of oxime groups is 1. The van der Waals surface area contributed by atoms with E-state index in [0.29, 0.717) is 36.9 Å². The molecule has 0 aromatic carbocycles. The summed E-state index contributed by atoms with van der Waals surface area (Å²) in [4.78, 5) is 29.3. The Morgan fingerprint density at radius 3 is 2.76 bits per heavy atom. The van der Waals surface area contributed by atoms with E-state index in [1.54, 1.807) is 7.11 Å². The van der Waals surface area contributed by atoms with Crippen LogP contribution in [-0.4, -0.2) is 30.7 Å². The molecule has 29 heavy (non-hydrogen) atoms. The Bertz CT molecular complexity index is 857. The van der Waals surface area contributed by atoms with E-state index in [4.69, 9.17) is 9.57 Å². The summed E-state index contributed by atoms with van der Waals surface area (Å²) in [6.45, 7) is 4.67. The third kappa shape index (κ3) is 2.48. The van der Waals surface area contributed by atoms with E-state index in [-0.39, 0.29) is 28.3 Å². The molecule has 0 radical (unpaired) electrons. The van der Waals surface area contributed by atoms with Crippen molar-refractivity contribution in [2.24, 2.45) is 33.7 Å². The lowest BCUT2D eigenvalue weighted by Crippen LogP contribution is -2.52. The predicted molar refractivity (Wildman–Crippen MR) is 109 cm³/mol. The molecule has 6 atom stereocenters. The lowest BCUT2D eigenvalue weighted by atomic mass is 9.49. The van der Waals surface area contributed by atoms with Gasteiger partial charge >= 0.3 is 5.97 Å². The molecule has 1 saturated heterocycles. The lowest BCUT2D eigenvalue weighted by molar-refractivity contribution is -0.160. The van der Waals surface area contributed by atoms with Gasteiger partial charge in [-0.25, -0.2) is 0 Å². The predicted octanol–water partition coefficient (Wildman–Crippen LogP) is 4.37. The van der Waals surface area contributed by atoms with E-state index in [2.05, 4.69) is 31.2 Å². The van der Waals surface area contributed by atoms with Crippen LogP contribution in [0, 0.1) is 28.6 Å². The molecule has 2 unspecified atom stereocenters. The monoisotopic (exact) mass is 397 g/mol. The fourth-order valence-corrected chi connectivity index (χ4v) is 7.41. The van der Waals surface area contributed by atoms with Crippen LogP contribution in [0.5, 0.6) is 0 Å². The Morgan fingerprint density at radius 1 is 1.21 bits per heavy atom. The topological polar surface area (TPSA) is 65.0 Å². The Kier molecular flexibility index (Phi) is 4.14. The molecule has 156 valence electrons. The Labute approximate surface area is 172 Å². The van der Waals surface area contributed by atoms with Crippen LogP contribution >= 0.6 is 0 Å². The number of Topliss-reactive ketones (excluding diaryl/α,β-unsaturated/α-hetero) is 1. The summed E-state index contributed by atoms with van der Waals surface area (Å²) in [6, 6.07) is 0. The van der Waals surface area contributed by atoms with Crippen LogP contribution < -0.4 is 0 Å². The Balaban J connectivity index is 1.61. The van der Waals surface area contributed by atoms with Crippen LogP contribution in [0.15, 0.2) is 28.5 Å². The van der Waals surface area contributed by atoms with Gasteiger partial charge in [0.15, 0.2) is 0 Å². The highest BCUT2D eigenvalue weighted by Crippen LogP contribution is 2.68. The quantitative estimate of drug-likeness (QED) is 0.300. The summed E-state index contributed by atoms with van der Waals surface area (Å²) in [6.07, 6.45) is 13.1. The fourth-order valence-electron chi connectivity index (χ4n) is 7.41. The van der Waals surface area contributed by atoms with Crippen LogP contribution in [0.2, 0.25) is 0 Å². The third-order valence-electron chi connectivity index (χ3n) is 9.08. The first-order valence-corrected chi connectivity index (χ1v) is 11.0. The van der Waals surface area contributed by atoms with Crippen molar-refractivity contribution < 1.29 is 19.2 Å². The maximum atomic E-state index is 12.2. The molecule has 0 N–H and O–H groups in total. The molecule has 1 heterocycles. The summed E-state index contributed by atoms with van der Waals surface area (Å²) in [5.74, 6) is 1.19. The zero-order chi connectivity index (χ0) is 20.4. The lowest BCUT2D eigenvalue weighted by Gasteiger charge is -2.55. The van der Waals surface area contributed by atoms with Gasteiger partial charge in [0.1, 0.15) is 18.5 Å².